The Balaban J connectivity index is 2.41. The number of nitrogens with one attached hydrogen (secondary N) is 2. The van der Waals surface area contributed by atoms with Gasteiger partial charge in [-0.15, -0.1) is 0 Å². The summed E-state index contributed by atoms with van der Waals surface area (Å²) in [6.45, 7) is 4.98. The Morgan fingerprint density at radius 1 is 1.60 bits per heavy atom. The Bertz CT molecular complexity index is 293. The molecule has 0 fully saturated rings. The van der Waals surface area contributed by atoms with Crippen LogP contribution in [0, 0.1) is 11.8 Å². The second-order valence-corrected chi connectivity index (χ2v) is 4.02. The number of rotatable bonds is 5. The van der Waals surface area contributed by atoms with E-state index in [0.29, 0.717) is 13.1 Å². The van der Waals surface area contributed by atoms with E-state index < -0.39 is 0 Å². The second-order valence-electron chi connectivity index (χ2n) is 4.02. The fourth-order valence-electron chi connectivity index (χ4n) is 1.47. The van der Waals surface area contributed by atoms with Crippen LogP contribution in [0.5, 0.6) is 0 Å². The maximum atomic E-state index is 11.7. The molecule has 0 aliphatic heterocycles. The predicted octanol–water partition coefficient (Wildman–Crippen LogP) is 0.862. The lowest BCUT2D eigenvalue weighted by atomic mass is 9.95. The van der Waals surface area contributed by atoms with E-state index in [4.69, 9.17) is 5.73 Å². The van der Waals surface area contributed by atoms with Gasteiger partial charge in [0.15, 0.2) is 0 Å². The maximum absolute atomic E-state index is 11.7. The molecule has 84 valence electrons. The third-order valence-corrected chi connectivity index (χ3v) is 2.52. The summed E-state index contributed by atoms with van der Waals surface area (Å²) in [4.78, 5) is 14.7. The van der Waals surface area contributed by atoms with E-state index in [0.717, 1.165) is 5.56 Å². The van der Waals surface area contributed by atoms with Crippen molar-refractivity contribution in [2.24, 2.45) is 17.6 Å². The number of carbonyl (C=O) groups is 1. The Morgan fingerprint density at radius 2 is 2.33 bits per heavy atom. The summed E-state index contributed by atoms with van der Waals surface area (Å²) in [5, 5.41) is 2.88. The minimum atomic E-state index is -0.0936. The molecule has 0 spiro atoms. The number of aromatic nitrogens is 1. The molecular weight excluding hydrogens is 190 g/mol. The summed E-state index contributed by atoms with van der Waals surface area (Å²) < 4.78 is 0. The zero-order valence-corrected chi connectivity index (χ0v) is 9.29. The SMILES string of the molecule is CC(C)C(CN)C(=O)NCc1cc[nH]c1. The highest BCUT2D eigenvalue weighted by Gasteiger charge is 2.19. The number of amides is 1. The van der Waals surface area contributed by atoms with Gasteiger partial charge in [0.05, 0.1) is 5.92 Å². The molecule has 0 saturated heterocycles. The van der Waals surface area contributed by atoms with E-state index >= 15 is 0 Å². The van der Waals surface area contributed by atoms with Gasteiger partial charge in [-0.25, -0.2) is 0 Å². The standard InChI is InChI=1S/C11H19N3O/c1-8(2)10(5-12)11(15)14-7-9-3-4-13-6-9/h3-4,6,8,10,13H,5,7,12H2,1-2H3,(H,14,15). The molecule has 0 radical (unpaired) electrons. The van der Waals surface area contributed by atoms with Gasteiger partial charge in [0.2, 0.25) is 5.91 Å². The van der Waals surface area contributed by atoms with Gasteiger partial charge >= 0.3 is 0 Å². The van der Waals surface area contributed by atoms with Crippen molar-refractivity contribution in [2.75, 3.05) is 6.54 Å². The third-order valence-electron chi connectivity index (χ3n) is 2.52. The van der Waals surface area contributed by atoms with Gasteiger partial charge in [-0.3, -0.25) is 4.79 Å². The topological polar surface area (TPSA) is 70.9 Å². The van der Waals surface area contributed by atoms with E-state index in [9.17, 15) is 4.79 Å². The van der Waals surface area contributed by atoms with Crippen LogP contribution >= 0.6 is 0 Å². The van der Waals surface area contributed by atoms with Crippen molar-refractivity contribution in [1.29, 1.82) is 0 Å². The van der Waals surface area contributed by atoms with Crippen molar-refractivity contribution in [2.45, 2.75) is 20.4 Å². The van der Waals surface area contributed by atoms with E-state index in [-0.39, 0.29) is 17.7 Å². The fraction of sp³-hybridized carbons (Fsp3) is 0.545. The molecule has 0 aliphatic rings. The summed E-state index contributed by atoms with van der Waals surface area (Å²) >= 11 is 0. The maximum Gasteiger partial charge on any atom is 0.224 e. The molecule has 1 aromatic rings. The van der Waals surface area contributed by atoms with E-state index in [2.05, 4.69) is 10.3 Å². The first kappa shape index (κ1) is 11.8. The molecule has 1 aromatic heterocycles. The molecule has 1 atom stereocenters. The van der Waals surface area contributed by atoms with Crippen LogP contribution in [0.2, 0.25) is 0 Å². The Hall–Kier alpha value is -1.29. The van der Waals surface area contributed by atoms with E-state index in [1.165, 1.54) is 0 Å². The van der Waals surface area contributed by atoms with Crippen LogP contribution in [0.15, 0.2) is 18.5 Å². The molecule has 0 aliphatic carbocycles. The largest absolute Gasteiger partial charge is 0.367 e. The van der Waals surface area contributed by atoms with Crippen LogP contribution in [0.3, 0.4) is 0 Å². The van der Waals surface area contributed by atoms with Crippen LogP contribution < -0.4 is 11.1 Å². The lowest BCUT2D eigenvalue weighted by molar-refractivity contribution is -0.126. The Kier molecular flexibility index (Phi) is 4.37. The average Bonchev–Trinajstić information content (AvgIpc) is 2.67. The molecule has 15 heavy (non-hydrogen) atoms. The monoisotopic (exact) mass is 209 g/mol. The molecule has 4 N–H and O–H groups in total. The van der Waals surface area contributed by atoms with Crippen molar-refractivity contribution < 1.29 is 4.79 Å². The summed E-state index contributed by atoms with van der Waals surface area (Å²) in [6.07, 6.45) is 3.71. The number of H-pyrrole nitrogens is 1. The lowest BCUT2D eigenvalue weighted by Crippen LogP contribution is -2.37. The van der Waals surface area contributed by atoms with Crippen LogP contribution in [-0.2, 0) is 11.3 Å². The molecule has 4 nitrogen and oxygen atoms in total. The fourth-order valence-corrected chi connectivity index (χ4v) is 1.47. The van der Waals surface area contributed by atoms with Gasteiger partial charge in [-0.2, -0.15) is 0 Å². The third kappa shape index (κ3) is 3.40. The van der Waals surface area contributed by atoms with Crippen LogP contribution in [0.25, 0.3) is 0 Å². The highest BCUT2D eigenvalue weighted by atomic mass is 16.1. The molecule has 4 heteroatoms. The van der Waals surface area contributed by atoms with E-state index in [1.807, 2.05) is 32.3 Å². The van der Waals surface area contributed by atoms with Crippen molar-refractivity contribution >= 4 is 5.91 Å². The van der Waals surface area contributed by atoms with Gasteiger partial charge < -0.3 is 16.0 Å². The van der Waals surface area contributed by atoms with Gasteiger partial charge in [-0.05, 0) is 17.5 Å². The molecule has 1 unspecified atom stereocenters. The van der Waals surface area contributed by atoms with E-state index in [1.54, 1.807) is 0 Å². The molecule has 1 heterocycles. The summed E-state index contributed by atoms with van der Waals surface area (Å²) in [5.74, 6) is 0.221. The highest BCUT2D eigenvalue weighted by molar-refractivity contribution is 5.79. The van der Waals surface area contributed by atoms with Crippen molar-refractivity contribution in [3.05, 3.63) is 24.0 Å². The molecule has 1 amide bonds. The highest BCUT2D eigenvalue weighted by Crippen LogP contribution is 2.09. The number of carbonyl (C=O) groups excluding carboxylic acids is 1. The molecular formula is C11H19N3O. The van der Waals surface area contributed by atoms with Gasteiger partial charge in [-0.1, -0.05) is 13.8 Å². The minimum Gasteiger partial charge on any atom is -0.367 e. The first-order valence-corrected chi connectivity index (χ1v) is 5.24. The number of hydrogen-bond acceptors (Lipinski definition) is 2. The average molecular weight is 209 g/mol. The zero-order valence-electron chi connectivity index (χ0n) is 9.29. The number of nitrogens with two attached hydrogens (primary N) is 1. The quantitative estimate of drug-likeness (QED) is 0.673. The molecule has 0 bridgehead atoms. The Labute approximate surface area is 90.2 Å². The van der Waals surface area contributed by atoms with Crippen molar-refractivity contribution in [1.82, 2.24) is 10.3 Å². The van der Waals surface area contributed by atoms with Crippen LogP contribution in [-0.4, -0.2) is 17.4 Å². The summed E-state index contributed by atoms with van der Waals surface area (Å²) in [7, 11) is 0. The number of hydrogen-bond donors (Lipinski definition) is 3. The molecule has 1 rings (SSSR count). The van der Waals surface area contributed by atoms with Gasteiger partial charge in [0, 0.05) is 25.5 Å². The van der Waals surface area contributed by atoms with Gasteiger partial charge in [0.25, 0.3) is 0 Å². The molecule has 0 aromatic carbocycles. The van der Waals surface area contributed by atoms with Crippen LogP contribution in [0.1, 0.15) is 19.4 Å². The smallest absolute Gasteiger partial charge is 0.224 e. The Morgan fingerprint density at radius 3 is 2.80 bits per heavy atom. The zero-order chi connectivity index (χ0) is 11.3. The lowest BCUT2D eigenvalue weighted by Gasteiger charge is -2.17. The first-order valence-electron chi connectivity index (χ1n) is 5.24. The van der Waals surface area contributed by atoms with Crippen molar-refractivity contribution in [3.63, 3.8) is 0 Å². The summed E-state index contributed by atoms with van der Waals surface area (Å²) in [5.41, 5.74) is 6.63. The van der Waals surface area contributed by atoms with Gasteiger partial charge in [0.1, 0.15) is 0 Å². The van der Waals surface area contributed by atoms with Crippen molar-refractivity contribution in [3.8, 4) is 0 Å². The second kappa shape index (κ2) is 5.56. The van der Waals surface area contributed by atoms with Crippen LogP contribution in [0.4, 0.5) is 0 Å². The minimum absolute atomic E-state index is 0.0358. The predicted molar refractivity (Wildman–Crippen MR) is 60.0 cm³/mol. The summed E-state index contributed by atoms with van der Waals surface area (Å²) in [6, 6.07) is 1.94. The first-order chi connectivity index (χ1) is 7.15. The molecule has 0 saturated carbocycles. The number of aromatic amines is 1. The normalized spacial score (nSPS) is 12.8.